The Bertz CT molecular complexity index is 1100. The summed E-state index contributed by atoms with van der Waals surface area (Å²) in [5.41, 5.74) is 0.476. The Morgan fingerprint density at radius 1 is 0.657 bits per heavy atom. The first-order chi connectivity index (χ1) is 15.6. The van der Waals surface area contributed by atoms with E-state index in [0.717, 1.165) is 37.8 Å². The van der Waals surface area contributed by atoms with E-state index in [9.17, 15) is 25.9 Å². The topological polar surface area (TPSA) is 124 Å². The maximum atomic E-state index is 11.8. The molecule has 0 atom stereocenters. The Kier molecular flexibility index (Phi) is 17.6. The number of para-hydroxylation sites is 2. The predicted molar refractivity (Wildman–Crippen MR) is 124 cm³/mol. The molecule has 0 unspecified atom stereocenters. The van der Waals surface area contributed by atoms with Crippen LogP contribution in [0.5, 0.6) is 11.5 Å². The molecule has 0 radical (unpaired) electrons. The van der Waals surface area contributed by atoms with Crippen LogP contribution in [0.25, 0.3) is 0 Å². The second kappa shape index (κ2) is 17.5. The van der Waals surface area contributed by atoms with Gasteiger partial charge in [0.05, 0.1) is 9.79 Å². The second-order valence-corrected chi connectivity index (χ2v) is 10.8. The molecule has 0 amide bonds. The fourth-order valence-corrected chi connectivity index (χ4v) is 4.97. The van der Waals surface area contributed by atoms with Crippen LogP contribution in [-0.2, 0) is 26.7 Å². The molecule has 0 saturated heterocycles. The number of hydrogen-bond donors (Lipinski definition) is 0. The Hall–Kier alpha value is 0.0600. The van der Waals surface area contributed by atoms with E-state index in [1.54, 1.807) is 6.07 Å². The summed E-state index contributed by atoms with van der Waals surface area (Å²) < 4.78 is 75.7. The quantitative estimate of drug-likeness (QED) is 0.173. The fourth-order valence-electron chi connectivity index (χ4n) is 3.72. The van der Waals surface area contributed by atoms with Crippen molar-refractivity contribution in [3.8, 4) is 11.5 Å². The average molecular weight is 543 g/mol. The third-order valence-corrected chi connectivity index (χ3v) is 7.20. The van der Waals surface area contributed by atoms with E-state index in [0.29, 0.717) is 12.0 Å². The van der Waals surface area contributed by atoms with Gasteiger partial charge >= 0.3 is 59.1 Å². The molecule has 0 bridgehead atoms. The summed E-state index contributed by atoms with van der Waals surface area (Å²) in [5, 5.41) is 0. The molecule has 0 aliphatic heterocycles. The zero-order valence-corrected chi connectivity index (χ0v) is 26.6. The minimum atomic E-state index is -4.88. The van der Waals surface area contributed by atoms with Gasteiger partial charge in [0.1, 0.15) is 31.7 Å². The van der Waals surface area contributed by atoms with Crippen molar-refractivity contribution < 1.29 is 89.8 Å². The van der Waals surface area contributed by atoms with Gasteiger partial charge in [-0.3, -0.25) is 0 Å². The molecule has 2 rings (SSSR count). The van der Waals surface area contributed by atoms with Crippen LogP contribution in [-0.4, -0.2) is 25.9 Å². The van der Waals surface area contributed by atoms with E-state index in [1.165, 1.54) is 62.8 Å². The first-order valence-corrected chi connectivity index (χ1v) is 14.3. The second-order valence-electron chi connectivity index (χ2n) is 8.13. The fraction of sp³-hybridized carbons (Fsp3) is 0.500. The zero-order valence-electron chi connectivity index (χ0n) is 21.0. The number of aryl methyl sites for hydroxylation is 1. The maximum absolute atomic E-state index is 11.8. The van der Waals surface area contributed by atoms with Crippen molar-refractivity contribution >= 4 is 20.2 Å². The Balaban J connectivity index is 0.00000578. The molecule has 0 aromatic heterocycles. The molecule has 2 aromatic rings. The molecule has 11 heteroatoms. The van der Waals surface area contributed by atoms with Crippen LogP contribution in [0.2, 0.25) is 0 Å². The van der Waals surface area contributed by atoms with Crippen LogP contribution >= 0.6 is 0 Å². The monoisotopic (exact) mass is 542 g/mol. The minimum Gasteiger partial charge on any atom is -0.744 e. The van der Waals surface area contributed by atoms with Gasteiger partial charge in [0.25, 0.3) is 0 Å². The van der Waals surface area contributed by atoms with Crippen LogP contribution in [0.4, 0.5) is 0 Å². The summed E-state index contributed by atoms with van der Waals surface area (Å²) in [6.45, 7) is 2.20. The number of hydrogen-bond acceptors (Lipinski definition) is 7. The molecule has 0 N–H and O–H groups in total. The molecule has 35 heavy (non-hydrogen) atoms. The van der Waals surface area contributed by atoms with Crippen molar-refractivity contribution in [2.75, 3.05) is 0 Å². The van der Waals surface area contributed by atoms with Crippen molar-refractivity contribution in [2.24, 2.45) is 0 Å². The first kappa shape index (κ1) is 35.1. The summed E-state index contributed by atoms with van der Waals surface area (Å²) in [5.74, 6) is -0.535. The van der Waals surface area contributed by atoms with Crippen molar-refractivity contribution in [3.63, 3.8) is 0 Å². The van der Waals surface area contributed by atoms with Crippen LogP contribution in [0.3, 0.4) is 0 Å². The third-order valence-electron chi connectivity index (χ3n) is 5.46. The summed E-state index contributed by atoms with van der Waals surface area (Å²) in [6, 6.07) is 9.37. The zero-order chi connectivity index (χ0) is 24.3. The molecular weight excluding hydrogens is 510 g/mol. The third kappa shape index (κ3) is 12.4. The molecule has 0 aliphatic rings. The van der Waals surface area contributed by atoms with E-state index >= 15 is 0 Å². The largest absolute Gasteiger partial charge is 1.00 e. The van der Waals surface area contributed by atoms with Gasteiger partial charge in [-0.2, -0.15) is 0 Å². The van der Waals surface area contributed by atoms with Crippen LogP contribution in [0, 0.1) is 0 Å². The van der Waals surface area contributed by atoms with Gasteiger partial charge in [-0.1, -0.05) is 89.0 Å². The minimum absolute atomic E-state index is 0. The SMILES string of the molecule is CCCCCCCCCCCCc1cccc(S(=O)(=O)[O-])c1Oc1ccccc1S(=O)(=O)[O-].[Na+].[Na+]. The number of ether oxygens (including phenoxy) is 1. The van der Waals surface area contributed by atoms with Crippen molar-refractivity contribution in [3.05, 3.63) is 48.0 Å². The molecule has 2 aromatic carbocycles. The number of unbranched alkanes of at least 4 members (excludes halogenated alkanes) is 9. The van der Waals surface area contributed by atoms with Crippen LogP contribution in [0.1, 0.15) is 76.7 Å². The molecule has 0 fully saturated rings. The molecule has 184 valence electrons. The molecule has 0 heterocycles. The van der Waals surface area contributed by atoms with E-state index < -0.39 is 30.0 Å². The van der Waals surface area contributed by atoms with E-state index in [2.05, 4.69) is 6.92 Å². The number of rotatable bonds is 15. The average Bonchev–Trinajstić information content (AvgIpc) is 2.75. The summed E-state index contributed by atoms with van der Waals surface area (Å²) in [7, 11) is -9.73. The Morgan fingerprint density at radius 3 is 1.69 bits per heavy atom. The van der Waals surface area contributed by atoms with Crippen molar-refractivity contribution in [1.29, 1.82) is 0 Å². The standard InChI is InChI=1S/C24H34O7S2.2Na/c1-2-3-4-5-6-7-8-9-10-11-15-20-16-14-19-23(33(28,29)30)24(20)31-21-17-12-13-18-22(21)32(25,26)27;;/h12-14,16-19H,2-11,15H2,1H3,(H,25,26,27)(H,28,29,30);;/q;2*+1/p-2. The summed E-state index contributed by atoms with van der Waals surface area (Å²) in [4.78, 5) is -1.20. The molecule has 0 saturated carbocycles. The van der Waals surface area contributed by atoms with Gasteiger partial charge in [-0.25, -0.2) is 16.8 Å². The Morgan fingerprint density at radius 2 is 1.14 bits per heavy atom. The van der Waals surface area contributed by atoms with Gasteiger partial charge in [0, 0.05) is 0 Å². The summed E-state index contributed by atoms with van der Waals surface area (Å²) >= 11 is 0. The summed E-state index contributed by atoms with van der Waals surface area (Å²) in [6.07, 6.45) is 11.9. The smallest absolute Gasteiger partial charge is 0.744 e. The molecule has 0 aliphatic carbocycles. The van der Waals surface area contributed by atoms with Gasteiger partial charge in [0.15, 0.2) is 0 Å². The molecule has 7 nitrogen and oxygen atoms in total. The van der Waals surface area contributed by atoms with Crippen LogP contribution < -0.4 is 63.9 Å². The first-order valence-electron chi connectivity index (χ1n) is 11.4. The molecular formula is C24H32Na2O7S2. The Labute approximate surface area is 254 Å². The number of benzene rings is 2. The molecule has 0 spiro atoms. The van der Waals surface area contributed by atoms with Crippen molar-refractivity contribution in [1.82, 2.24) is 0 Å². The van der Waals surface area contributed by atoms with Gasteiger partial charge in [-0.15, -0.1) is 0 Å². The van der Waals surface area contributed by atoms with Crippen molar-refractivity contribution in [2.45, 2.75) is 87.3 Å². The maximum Gasteiger partial charge on any atom is 1.00 e. The van der Waals surface area contributed by atoms with Gasteiger partial charge in [0.2, 0.25) is 0 Å². The predicted octanol–water partition coefficient (Wildman–Crippen LogP) is -0.241. The van der Waals surface area contributed by atoms with Gasteiger partial charge in [-0.05, 0) is 36.6 Å². The van der Waals surface area contributed by atoms with E-state index in [1.807, 2.05) is 0 Å². The normalized spacial score (nSPS) is 11.4. The van der Waals surface area contributed by atoms with Gasteiger partial charge < -0.3 is 13.8 Å². The van der Waals surface area contributed by atoms with Crippen LogP contribution in [0.15, 0.2) is 52.3 Å². The van der Waals surface area contributed by atoms with E-state index in [4.69, 9.17) is 4.74 Å². The van der Waals surface area contributed by atoms with E-state index in [-0.39, 0.29) is 70.6 Å².